The Morgan fingerprint density at radius 3 is 2.57 bits per heavy atom. The molecule has 3 nitrogen and oxygen atoms in total. The van der Waals surface area contributed by atoms with Gasteiger partial charge in [0.1, 0.15) is 17.4 Å². The molecule has 1 aromatic carbocycles. The van der Waals surface area contributed by atoms with E-state index < -0.39 is 0 Å². The molecule has 0 aliphatic carbocycles. The van der Waals surface area contributed by atoms with Crippen LogP contribution >= 0.6 is 0 Å². The molecule has 0 radical (unpaired) electrons. The summed E-state index contributed by atoms with van der Waals surface area (Å²) in [6, 6.07) is 5.38. The number of benzene rings is 1. The molecule has 1 heterocycles. The van der Waals surface area contributed by atoms with Crippen LogP contribution in [0.2, 0.25) is 0 Å². The van der Waals surface area contributed by atoms with Gasteiger partial charge in [0, 0.05) is 24.9 Å². The maximum atomic E-state index is 14.5. The first kappa shape index (κ1) is 22.4. The van der Waals surface area contributed by atoms with E-state index in [0.717, 1.165) is 49.9 Å². The highest BCUT2D eigenvalue weighted by Gasteiger charge is 2.12. The second kappa shape index (κ2) is 13.4. The van der Waals surface area contributed by atoms with Crippen molar-refractivity contribution < 1.29 is 9.13 Å². The van der Waals surface area contributed by atoms with Gasteiger partial charge in [-0.25, -0.2) is 9.37 Å². The van der Waals surface area contributed by atoms with Crippen LogP contribution in [0, 0.1) is 5.82 Å². The Labute approximate surface area is 170 Å². The molecule has 1 unspecified atom stereocenters. The highest BCUT2D eigenvalue weighted by Crippen LogP contribution is 2.27. The van der Waals surface area contributed by atoms with Crippen molar-refractivity contribution in [1.82, 2.24) is 9.97 Å². The van der Waals surface area contributed by atoms with E-state index in [4.69, 9.17) is 4.74 Å². The van der Waals surface area contributed by atoms with Crippen molar-refractivity contribution in [3.8, 4) is 5.75 Å². The summed E-state index contributed by atoms with van der Waals surface area (Å²) >= 11 is 0. The average Bonchev–Trinajstić information content (AvgIpc) is 3.20. The molecule has 156 valence electrons. The molecule has 28 heavy (non-hydrogen) atoms. The van der Waals surface area contributed by atoms with Crippen LogP contribution in [0.5, 0.6) is 5.75 Å². The number of H-pyrrole nitrogens is 1. The van der Waals surface area contributed by atoms with E-state index in [1.807, 2.05) is 18.3 Å². The molecule has 2 aromatic rings. The molecule has 0 saturated carbocycles. The normalized spacial score (nSPS) is 12.2. The Hall–Kier alpha value is -1.84. The molecule has 2 rings (SSSR count). The summed E-state index contributed by atoms with van der Waals surface area (Å²) in [6.45, 7) is 5.02. The zero-order chi connectivity index (χ0) is 20.0. The third-order valence-electron chi connectivity index (χ3n) is 5.38. The van der Waals surface area contributed by atoms with Gasteiger partial charge < -0.3 is 9.72 Å². The van der Waals surface area contributed by atoms with E-state index in [0.29, 0.717) is 12.4 Å². The molecule has 1 N–H and O–H groups in total. The number of ether oxygens (including phenoxy) is 1. The van der Waals surface area contributed by atoms with Crippen molar-refractivity contribution in [2.24, 2.45) is 0 Å². The SMILES string of the molecule is CCCCCCCCOc1ccc(C(C)CCCCCc2ncc[nH]2)c(F)c1. The number of rotatable bonds is 15. The van der Waals surface area contributed by atoms with Gasteiger partial charge in [-0.2, -0.15) is 0 Å². The second-order valence-electron chi connectivity index (χ2n) is 7.84. The molecule has 0 fully saturated rings. The molecular weight excluding hydrogens is 351 g/mol. The fourth-order valence-electron chi connectivity index (χ4n) is 3.58. The first-order valence-electron chi connectivity index (χ1n) is 11.1. The number of aryl methyl sites for hydroxylation is 1. The van der Waals surface area contributed by atoms with Crippen molar-refractivity contribution in [1.29, 1.82) is 0 Å². The van der Waals surface area contributed by atoms with Gasteiger partial charge in [-0.3, -0.25) is 0 Å². The van der Waals surface area contributed by atoms with Crippen LogP contribution in [0.25, 0.3) is 0 Å². The summed E-state index contributed by atoms with van der Waals surface area (Å²) in [5, 5.41) is 0. The van der Waals surface area contributed by atoms with Gasteiger partial charge in [0.2, 0.25) is 0 Å². The van der Waals surface area contributed by atoms with Crippen LogP contribution in [0.3, 0.4) is 0 Å². The molecule has 0 spiro atoms. The lowest BCUT2D eigenvalue weighted by Crippen LogP contribution is -2.01. The van der Waals surface area contributed by atoms with Crippen LogP contribution in [0.1, 0.15) is 95.4 Å². The Morgan fingerprint density at radius 2 is 1.82 bits per heavy atom. The topological polar surface area (TPSA) is 37.9 Å². The highest BCUT2D eigenvalue weighted by molar-refractivity contribution is 5.30. The molecule has 0 aliphatic rings. The average molecular weight is 389 g/mol. The minimum Gasteiger partial charge on any atom is -0.493 e. The largest absolute Gasteiger partial charge is 0.493 e. The standard InChI is InChI=1S/C24H37FN2O/c1-3-4-5-6-7-11-18-28-21-14-15-22(23(25)19-21)20(2)12-9-8-10-13-24-26-16-17-27-24/h14-17,19-20H,3-13,18H2,1-2H3,(H,26,27). The van der Waals surface area contributed by atoms with Crippen molar-refractivity contribution >= 4 is 0 Å². The third kappa shape index (κ3) is 8.45. The lowest BCUT2D eigenvalue weighted by molar-refractivity contribution is 0.302. The van der Waals surface area contributed by atoms with E-state index in [1.54, 1.807) is 12.3 Å². The minimum atomic E-state index is -0.136. The number of aromatic nitrogens is 2. The van der Waals surface area contributed by atoms with Crippen molar-refractivity contribution in [2.75, 3.05) is 6.61 Å². The van der Waals surface area contributed by atoms with Gasteiger partial charge in [-0.05, 0) is 36.8 Å². The van der Waals surface area contributed by atoms with Crippen LogP contribution < -0.4 is 4.74 Å². The first-order chi connectivity index (χ1) is 13.7. The molecule has 0 amide bonds. The van der Waals surface area contributed by atoms with Gasteiger partial charge in [0.25, 0.3) is 0 Å². The Morgan fingerprint density at radius 1 is 1.04 bits per heavy atom. The fourth-order valence-corrected chi connectivity index (χ4v) is 3.58. The summed E-state index contributed by atoms with van der Waals surface area (Å²) in [7, 11) is 0. The second-order valence-corrected chi connectivity index (χ2v) is 7.84. The number of nitrogens with one attached hydrogen (secondary N) is 1. The van der Waals surface area contributed by atoms with Gasteiger partial charge in [0.05, 0.1) is 6.61 Å². The highest BCUT2D eigenvalue weighted by atomic mass is 19.1. The maximum absolute atomic E-state index is 14.5. The van der Waals surface area contributed by atoms with E-state index in [9.17, 15) is 4.39 Å². The predicted octanol–water partition coefficient (Wildman–Crippen LogP) is 7.19. The van der Waals surface area contributed by atoms with E-state index in [2.05, 4.69) is 23.8 Å². The Kier molecular flexibility index (Phi) is 10.7. The summed E-state index contributed by atoms with van der Waals surface area (Å²) < 4.78 is 20.2. The first-order valence-corrected chi connectivity index (χ1v) is 11.1. The van der Waals surface area contributed by atoms with Crippen molar-refractivity contribution in [3.63, 3.8) is 0 Å². The van der Waals surface area contributed by atoms with E-state index >= 15 is 0 Å². The zero-order valence-electron chi connectivity index (χ0n) is 17.7. The maximum Gasteiger partial charge on any atom is 0.130 e. The molecule has 4 heteroatoms. The quantitative estimate of drug-likeness (QED) is 0.328. The lowest BCUT2D eigenvalue weighted by Gasteiger charge is -2.14. The molecule has 0 bridgehead atoms. The Bertz CT molecular complexity index is 642. The van der Waals surface area contributed by atoms with Crippen LogP contribution in [0.4, 0.5) is 4.39 Å². The summed E-state index contributed by atoms with van der Waals surface area (Å²) in [5.74, 6) is 1.80. The zero-order valence-corrected chi connectivity index (χ0v) is 17.7. The number of imidazole rings is 1. The monoisotopic (exact) mass is 388 g/mol. The number of hydrogen-bond acceptors (Lipinski definition) is 2. The summed E-state index contributed by atoms with van der Waals surface area (Å²) in [6.07, 6.45) is 16.4. The molecular formula is C24H37FN2O. The number of halogens is 1. The van der Waals surface area contributed by atoms with Crippen LogP contribution in [-0.2, 0) is 6.42 Å². The number of nitrogens with zero attached hydrogens (tertiary/aromatic N) is 1. The van der Waals surface area contributed by atoms with Crippen molar-refractivity contribution in [2.45, 2.75) is 90.4 Å². The minimum absolute atomic E-state index is 0.136. The number of aromatic amines is 1. The molecule has 0 saturated heterocycles. The third-order valence-corrected chi connectivity index (χ3v) is 5.38. The van der Waals surface area contributed by atoms with E-state index in [1.165, 1.54) is 32.1 Å². The summed E-state index contributed by atoms with van der Waals surface area (Å²) in [5.41, 5.74) is 0.804. The number of unbranched alkanes of at least 4 members (excludes halogenated alkanes) is 7. The molecule has 1 atom stereocenters. The fraction of sp³-hybridized carbons (Fsp3) is 0.625. The lowest BCUT2D eigenvalue weighted by atomic mass is 9.94. The van der Waals surface area contributed by atoms with Gasteiger partial charge in [-0.15, -0.1) is 0 Å². The van der Waals surface area contributed by atoms with Crippen LogP contribution in [0.15, 0.2) is 30.6 Å². The Balaban J connectivity index is 1.63. The summed E-state index contributed by atoms with van der Waals surface area (Å²) in [4.78, 5) is 7.37. The van der Waals surface area contributed by atoms with Gasteiger partial charge >= 0.3 is 0 Å². The van der Waals surface area contributed by atoms with Crippen LogP contribution in [-0.4, -0.2) is 16.6 Å². The number of hydrogen-bond donors (Lipinski definition) is 1. The van der Waals surface area contributed by atoms with E-state index in [-0.39, 0.29) is 11.7 Å². The van der Waals surface area contributed by atoms with Crippen molar-refractivity contribution in [3.05, 3.63) is 47.8 Å². The van der Waals surface area contributed by atoms with Gasteiger partial charge in [-0.1, -0.05) is 64.9 Å². The van der Waals surface area contributed by atoms with Gasteiger partial charge in [0.15, 0.2) is 0 Å². The molecule has 1 aromatic heterocycles. The smallest absolute Gasteiger partial charge is 0.130 e. The molecule has 0 aliphatic heterocycles. The predicted molar refractivity (Wildman–Crippen MR) is 114 cm³/mol.